The maximum absolute atomic E-state index is 12.0. The van der Waals surface area contributed by atoms with Crippen molar-refractivity contribution in [3.63, 3.8) is 0 Å². The van der Waals surface area contributed by atoms with Gasteiger partial charge in [0.05, 0.1) is 0 Å². The predicted molar refractivity (Wildman–Crippen MR) is 75.8 cm³/mol. The summed E-state index contributed by atoms with van der Waals surface area (Å²) in [6.45, 7) is 2.34. The molecule has 0 aromatic heterocycles. The molecule has 1 aromatic rings. The van der Waals surface area contributed by atoms with Gasteiger partial charge in [0, 0.05) is 32.0 Å². The van der Waals surface area contributed by atoms with Crippen LogP contribution in [0.1, 0.15) is 6.92 Å². The van der Waals surface area contributed by atoms with Gasteiger partial charge in [-0.3, -0.25) is 4.79 Å². The third-order valence-corrected chi connectivity index (χ3v) is 2.66. The van der Waals surface area contributed by atoms with E-state index < -0.39 is 0 Å². The van der Waals surface area contributed by atoms with Gasteiger partial charge >= 0.3 is 6.03 Å². The van der Waals surface area contributed by atoms with Crippen LogP contribution in [-0.2, 0) is 4.79 Å². The molecule has 0 aliphatic heterocycles. The summed E-state index contributed by atoms with van der Waals surface area (Å²) in [7, 11) is 3.32. The highest BCUT2D eigenvalue weighted by Crippen LogP contribution is 2.11. The highest BCUT2D eigenvalue weighted by atomic mass is 16.2. The van der Waals surface area contributed by atoms with Crippen LogP contribution in [0.5, 0.6) is 0 Å². The molecular weight excluding hydrogens is 244 g/mol. The average molecular weight is 264 g/mol. The highest BCUT2D eigenvalue weighted by Gasteiger charge is 2.16. The average Bonchev–Trinajstić information content (AvgIpc) is 2.38. The standard InChI is InChI=1S/C13H20N4O2/c1-4-17(9-12(18)16(2)3)13(19)15-11-7-5-10(14)6-8-11/h5-8H,4,9,14H2,1-3H3,(H,15,19). The smallest absolute Gasteiger partial charge is 0.322 e. The van der Waals surface area contributed by atoms with Crippen molar-refractivity contribution in [3.8, 4) is 0 Å². The number of nitrogens with two attached hydrogens (primary N) is 1. The number of urea groups is 1. The van der Waals surface area contributed by atoms with Crippen LogP contribution in [0.4, 0.5) is 16.2 Å². The number of carbonyl (C=O) groups excluding carboxylic acids is 2. The zero-order valence-corrected chi connectivity index (χ0v) is 11.5. The normalized spacial score (nSPS) is 9.84. The summed E-state index contributed by atoms with van der Waals surface area (Å²) in [5, 5.41) is 2.73. The molecule has 6 nitrogen and oxygen atoms in total. The molecule has 1 aromatic carbocycles. The molecule has 0 spiro atoms. The maximum Gasteiger partial charge on any atom is 0.322 e. The first-order chi connectivity index (χ1) is 8.93. The molecule has 0 unspecified atom stereocenters. The van der Waals surface area contributed by atoms with Gasteiger partial charge in [-0.1, -0.05) is 0 Å². The Morgan fingerprint density at radius 2 is 1.79 bits per heavy atom. The van der Waals surface area contributed by atoms with Crippen LogP contribution in [0.25, 0.3) is 0 Å². The number of nitrogens with zero attached hydrogens (tertiary/aromatic N) is 2. The zero-order chi connectivity index (χ0) is 14.4. The van der Waals surface area contributed by atoms with Crippen LogP contribution < -0.4 is 11.1 Å². The summed E-state index contributed by atoms with van der Waals surface area (Å²) in [5.74, 6) is -0.116. The molecule has 1 rings (SSSR count). The van der Waals surface area contributed by atoms with Gasteiger partial charge in [-0.2, -0.15) is 0 Å². The molecule has 0 atom stereocenters. The Morgan fingerprint density at radius 3 is 2.26 bits per heavy atom. The van der Waals surface area contributed by atoms with E-state index >= 15 is 0 Å². The number of hydrogen-bond donors (Lipinski definition) is 2. The molecule has 19 heavy (non-hydrogen) atoms. The van der Waals surface area contributed by atoms with Crippen LogP contribution in [-0.4, -0.2) is 48.9 Å². The Balaban J connectivity index is 2.63. The monoisotopic (exact) mass is 264 g/mol. The molecule has 0 heterocycles. The van der Waals surface area contributed by atoms with Gasteiger partial charge in [0.2, 0.25) is 5.91 Å². The minimum atomic E-state index is -0.303. The summed E-state index contributed by atoms with van der Waals surface area (Å²) in [5.41, 5.74) is 6.85. The van der Waals surface area contributed by atoms with Crippen molar-refractivity contribution < 1.29 is 9.59 Å². The van der Waals surface area contributed by atoms with Gasteiger partial charge < -0.3 is 20.9 Å². The lowest BCUT2D eigenvalue weighted by atomic mass is 10.3. The van der Waals surface area contributed by atoms with E-state index in [1.165, 1.54) is 9.80 Å². The van der Waals surface area contributed by atoms with Crippen LogP contribution in [0.2, 0.25) is 0 Å². The first kappa shape index (κ1) is 14.8. The third kappa shape index (κ3) is 4.50. The van der Waals surface area contributed by atoms with E-state index in [4.69, 9.17) is 5.73 Å². The third-order valence-electron chi connectivity index (χ3n) is 2.66. The number of likely N-dealkylation sites (N-methyl/N-ethyl adjacent to an activating group) is 2. The van der Waals surface area contributed by atoms with Crippen molar-refractivity contribution in [3.05, 3.63) is 24.3 Å². The fourth-order valence-corrected chi connectivity index (χ4v) is 1.40. The van der Waals surface area contributed by atoms with E-state index in [9.17, 15) is 9.59 Å². The summed E-state index contributed by atoms with van der Waals surface area (Å²) in [6, 6.07) is 6.54. The molecule has 0 fully saturated rings. The molecule has 3 amide bonds. The van der Waals surface area contributed by atoms with Crippen LogP contribution in [0.15, 0.2) is 24.3 Å². The van der Waals surface area contributed by atoms with Crippen molar-refractivity contribution in [1.82, 2.24) is 9.80 Å². The van der Waals surface area contributed by atoms with Crippen molar-refractivity contribution >= 4 is 23.3 Å². The van der Waals surface area contributed by atoms with Crippen LogP contribution in [0, 0.1) is 0 Å². The van der Waals surface area contributed by atoms with Gasteiger partial charge in [-0.15, -0.1) is 0 Å². The van der Waals surface area contributed by atoms with E-state index in [2.05, 4.69) is 5.32 Å². The molecule has 0 saturated heterocycles. The lowest BCUT2D eigenvalue weighted by Crippen LogP contribution is -2.42. The summed E-state index contributed by atoms with van der Waals surface area (Å²) in [6.07, 6.45) is 0. The SMILES string of the molecule is CCN(CC(=O)N(C)C)C(=O)Nc1ccc(N)cc1. The minimum absolute atomic E-state index is 0.0598. The Bertz CT molecular complexity index is 442. The molecule has 0 bridgehead atoms. The minimum Gasteiger partial charge on any atom is -0.399 e. The topological polar surface area (TPSA) is 78.7 Å². The molecule has 0 aliphatic carbocycles. The molecule has 0 radical (unpaired) electrons. The predicted octanol–water partition coefficient (Wildman–Crippen LogP) is 1.21. The van der Waals surface area contributed by atoms with Crippen molar-refractivity contribution in [2.45, 2.75) is 6.92 Å². The largest absolute Gasteiger partial charge is 0.399 e. The highest BCUT2D eigenvalue weighted by molar-refractivity contribution is 5.92. The van der Waals surface area contributed by atoms with E-state index in [1.54, 1.807) is 38.4 Å². The van der Waals surface area contributed by atoms with Crippen molar-refractivity contribution in [2.75, 3.05) is 38.2 Å². The van der Waals surface area contributed by atoms with Gasteiger partial charge in [-0.25, -0.2) is 4.79 Å². The van der Waals surface area contributed by atoms with Crippen molar-refractivity contribution in [1.29, 1.82) is 0 Å². The Hall–Kier alpha value is -2.24. The van der Waals surface area contributed by atoms with Crippen LogP contribution in [0.3, 0.4) is 0 Å². The van der Waals surface area contributed by atoms with Gasteiger partial charge in [0.15, 0.2) is 0 Å². The first-order valence-electron chi connectivity index (χ1n) is 6.05. The number of nitrogen functional groups attached to an aromatic ring is 1. The first-order valence-corrected chi connectivity index (χ1v) is 6.05. The summed E-state index contributed by atoms with van der Waals surface area (Å²) < 4.78 is 0. The second-order valence-electron chi connectivity index (χ2n) is 4.35. The lowest BCUT2D eigenvalue weighted by Gasteiger charge is -2.22. The van der Waals surface area contributed by atoms with E-state index in [0.29, 0.717) is 17.9 Å². The quantitative estimate of drug-likeness (QED) is 0.802. The number of anilines is 2. The van der Waals surface area contributed by atoms with Crippen LogP contribution >= 0.6 is 0 Å². The van der Waals surface area contributed by atoms with Crippen molar-refractivity contribution in [2.24, 2.45) is 0 Å². The molecule has 104 valence electrons. The van der Waals surface area contributed by atoms with E-state index in [0.717, 1.165) is 0 Å². The molecular formula is C13H20N4O2. The zero-order valence-electron chi connectivity index (χ0n) is 11.5. The molecule has 0 aliphatic rings. The van der Waals surface area contributed by atoms with E-state index in [1.807, 2.05) is 6.92 Å². The van der Waals surface area contributed by atoms with Gasteiger partial charge in [0.1, 0.15) is 6.54 Å². The molecule has 0 saturated carbocycles. The maximum atomic E-state index is 12.0. The van der Waals surface area contributed by atoms with Gasteiger partial charge in [-0.05, 0) is 31.2 Å². The number of hydrogen-bond acceptors (Lipinski definition) is 3. The molecule has 3 N–H and O–H groups in total. The summed E-state index contributed by atoms with van der Waals surface area (Å²) in [4.78, 5) is 26.5. The lowest BCUT2D eigenvalue weighted by molar-refractivity contribution is -0.129. The van der Waals surface area contributed by atoms with E-state index in [-0.39, 0.29) is 18.5 Å². The number of benzene rings is 1. The number of nitrogens with one attached hydrogen (secondary N) is 1. The summed E-state index contributed by atoms with van der Waals surface area (Å²) >= 11 is 0. The number of amides is 3. The number of carbonyl (C=O) groups is 2. The number of rotatable bonds is 4. The van der Waals surface area contributed by atoms with Gasteiger partial charge in [0.25, 0.3) is 0 Å². The second-order valence-corrected chi connectivity index (χ2v) is 4.35. The fraction of sp³-hybridized carbons (Fsp3) is 0.385. The Kier molecular flexibility index (Phi) is 5.17. The second kappa shape index (κ2) is 6.63. The Morgan fingerprint density at radius 1 is 1.21 bits per heavy atom. The molecule has 6 heteroatoms. The Labute approximate surface area is 113 Å². The fourth-order valence-electron chi connectivity index (χ4n) is 1.40.